The molecule has 0 aliphatic carbocycles. The fourth-order valence-electron chi connectivity index (χ4n) is 2.56. The number of nitrogens with zero attached hydrogens (tertiary/aromatic N) is 1. The Bertz CT molecular complexity index is 514. The second kappa shape index (κ2) is 12.0. The van der Waals surface area contributed by atoms with Gasteiger partial charge in [0.05, 0.1) is 6.61 Å². The third-order valence-corrected chi connectivity index (χ3v) is 4.10. The van der Waals surface area contributed by atoms with E-state index in [1.54, 1.807) is 12.1 Å². The highest BCUT2D eigenvalue weighted by Gasteiger charge is 2.13. The summed E-state index contributed by atoms with van der Waals surface area (Å²) in [4.78, 5) is 14.1. The van der Waals surface area contributed by atoms with Gasteiger partial charge in [0.25, 0.3) is 0 Å². The van der Waals surface area contributed by atoms with Crippen molar-refractivity contribution in [3.8, 4) is 5.75 Å². The molecule has 0 aliphatic rings. The first-order valence-electron chi connectivity index (χ1n) is 9.32. The molecule has 0 amide bonds. The largest absolute Gasteiger partial charge is 0.490 e. The van der Waals surface area contributed by atoms with Crippen molar-refractivity contribution in [2.75, 3.05) is 32.8 Å². The molecule has 0 bridgehead atoms. The van der Waals surface area contributed by atoms with Crippen LogP contribution >= 0.6 is 0 Å². The van der Waals surface area contributed by atoms with Gasteiger partial charge in [0.2, 0.25) is 0 Å². The number of hydrogen-bond donors (Lipinski definition) is 1. The molecule has 25 heavy (non-hydrogen) atoms. The second-order valence-corrected chi connectivity index (χ2v) is 6.10. The first-order chi connectivity index (χ1) is 12.0. The number of carbonyl (C=O) groups excluding carboxylic acids is 1. The van der Waals surface area contributed by atoms with Gasteiger partial charge in [-0.25, -0.2) is 0 Å². The van der Waals surface area contributed by atoms with Crippen LogP contribution in [-0.4, -0.2) is 54.7 Å². The summed E-state index contributed by atoms with van der Waals surface area (Å²) in [6.45, 7) is 11.7. The van der Waals surface area contributed by atoms with E-state index in [0.717, 1.165) is 25.1 Å². The molecule has 1 rings (SSSR count). The van der Waals surface area contributed by atoms with E-state index in [9.17, 15) is 9.90 Å². The summed E-state index contributed by atoms with van der Waals surface area (Å²) < 4.78 is 11.4. The van der Waals surface area contributed by atoms with Gasteiger partial charge >= 0.3 is 0 Å². The van der Waals surface area contributed by atoms with Crippen molar-refractivity contribution in [1.29, 1.82) is 0 Å². The number of ether oxygens (including phenoxy) is 2. The number of Topliss-reactive ketones (excluding diaryl/α,β-unsaturated/α-hetero) is 1. The number of rotatable bonds is 13. The molecule has 5 nitrogen and oxygen atoms in total. The monoisotopic (exact) mass is 351 g/mol. The molecular formula is C20H33NO4. The van der Waals surface area contributed by atoms with Crippen LogP contribution < -0.4 is 4.74 Å². The van der Waals surface area contributed by atoms with Crippen LogP contribution in [-0.2, 0) is 11.3 Å². The summed E-state index contributed by atoms with van der Waals surface area (Å²) in [7, 11) is 0. The fraction of sp³-hybridized carbons (Fsp3) is 0.650. The van der Waals surface area contributed by atoms with Gasteiger partial charge in [0.1, 0.15) is 18.5 Å². The Balaban J connectivity index is 2.76. The van der Waals surface area contributed by atoms with Gasteiger partial charge in [-0.3, -0.25) is 4.79 Å². The van der Waals surface area contributed by atoms with Gasteiger partial charge in [-0.05, 0) is 37.7 Å². The lowest BCUT2D eigenvalue weighted by atomic mass is 10.1. The quantitative estimate of drug-likeness (QED) is 0.436. The summed E-state index contributed by atoms with van der Waals surface area (Å²) >= 11 is 0. The Labute approximate surface area is 151 Å². The van der Waals surface area contributed by atoms with Crippen LogP contribution in [0.5, 0.6) is 5.75 Å². The molecule has 142 valence electrons. The van der Waals surface area contributed by atoms with Crippen molar-refractivity contribution in [3.63, 3.8) is 0 Å². The van der Waals surface area contributed by atoms with E-state index in [4.69, 9.17) is 9.47 Å². The lowest BCUT2D eigenvalue weighted by molar-refractivity contribution is 0.0690. The van der Waals surface area contributed by atoms with Crippen LogP contribution in [0.2, 0.25) is 0 Å². The maximum absolute atomic E-state index is 11.9. The van der Waals surface area contributed by atoms with Crippen molar-refractivity contribution in [2.45, 2.75) is 53.2 Å². The lowest BCUT2D eigenvalue weighted by Crippen LogP contribution is -2.35. The number of carbonyl (C=O) groups is 1. The van der Waals surface area contributed by atoms with Gasteiger partial charge in [0, 0.05) is 30.7 Å². The van der Waals surface area contributed by atoms with Crippen LogP contribution in [0, 0.1) is 0 Å². The Kier molecular flexibility index (Phi) is 10.4. The predicted molar refractivity (Wildman–Crippen MR) is 100 cm³/mol. The first-order valence-corrected chi connectivity index (χ1v) is 9.32. The van der Waals surface area contributed by atoms with Crippen LogP contribution in [0.3, 0.4) is 0 Å². The smallest absolute Gasteiger partial charge is 0.162 e. The molecule has 0 unspecified atom stereocenters. The third kappa shape index (κ3) is 7.55. The topological polar surface area (TPSA) is 59.0 Å². The van der Waals surface area contributed by atoms with Crippen molar-refractivity contribution in [2.24, 2.45) is 0 Å². The molecule has 0 radical (unpaired) electrons. The Morgan fingerprint density at radius 2 is 1.92 bits per heavy atom. The van der Waals surface area contributed by atoms with E-state index >= 15 is 0 Å². The molecular weight excluding hydrogens is 318 g/mol. The molecule has 0 heterocycles. The Morgan fingerprint density at radius 3 is 2.52 bits per heavy atom. The van der Waals surface area contributed by atoms with E-state index in [2.05, 4.69) is 25.7 Å². The van der Waals surface area contributed by atoms with Crippen molar-refractivity contribution in [1.82, 2.24) is 4.90 Å². The average Bonchev–Trinajstić information content (AvgIpc) is 2.64. The van der Waals surface area contributed by atoms with Crippen LogP contribution in [0.4, 0.5) is 0 Å². The van der Waals surface area contributed by atoms with E-state index in [1.807, 2.05) is 13.0 Å². The van der Waals surface area contributed by atoms with Gasteiger partial charge < -0.3 is 19.5 Å². The second-order valence-electron chi connectivity index (χ2n) is 6.10. The highest BCUT2D eigenvalue weighted by Crippen LogP contribution is 2.22. The minimum absolute atomic E-state index is 0.102. The molecule has 0 aliphatic heterocycles. The summed E-state index contributed by atoms with van der Waals surface area (Å²) in [5.41, 5.74) is 1.52. The lowest BCUT2D eigenvalue weighted by Gasteiger charge is -2.22. The molecule has 0 saturated heterocycles. The van der Waals surface area contributed by atoms with Gasteiger partial charge in [-0.15, -0.1) is 0 Å². The van der Waals surface area contributed by atoms with Crippen molar-refractivity contribution >= 4 is 5.78 Å². The predicted octanol–water partition coefficient (Wildman–Crippen LogP) is 3.29. The van der Waals surface area contributed by atoms with Gasteiger partial charge in [-0.2, -0.15) is 0 Å². The number of ketones is 1. The highest BCUT2D eigenvalue weighted by molar-refractivity contribution is 5.96. The molecule has 0 saturated carbocycles. The zero-order valence-electron chi connectivity index (χ0n) is 16.1. The number of aliphatic hydroxyl groups excluding tert-OH is 1. The maximum Gasteiger partial charge on any atom is 0.162 e. The standard InChI is InChI=1S/C20H33NO4/c1-5-11-24-14-17-12-16(19(23)6-2)9-10-20(17)25-15-18(22)13-21(7-3)8-4/h9-10,12,18,22H,5-8,11,13-15H2,1-4H3/t18-/m0/s1. The normalized spacial score (nSPS) is 12.4. The zero-order valence-corrected chi connectivity index (χ0v) is 16.1. The van der Waals surface area contributed by atoms with Gasteiger partial charge in [-0.1, -0.05) is 27.7 Å². The first kappa shape index (κ1) is 21.6. The number of hydrogen-bond acceptors (Lipinski definition) is 5. The molecule has 5 heteroatoms. The van der Waals surface area contributed by atoms with Crippen LogP contribution in [0.25, 0.3) is 0 Å². The van der Waals surface area contributed by atoms with Crippen LogP contribution in [0.1, 0.15) is 56.5 Å². The van der Waals surface area contributed by atoms with Crippen molar-refractivity contribution in [3.05, 3.63) is 29.3 Å². The van der Waals surface area contributed by atoms with E-state index in [0.29, 0.717) is 37.5 Å². The summed E-state index contributed by atoms with van der Waals surface area (Å²) in [6.07, 6.45) is 0.853. The Hall–Kier alpha value is -1.43. The van der Waals surface area contributed by atoms with Gasteiger partial charge in [0.15, 0.2) is 5.78 Å². The minimum Gasteiger partial charge on any atom is -0.490 e. The highest BCUT2D eigenvalue weighted by atomic mass is 16.5. The molecule has 1 N–H and O–H groups in total. The number of benzene rings is 1. The van der Waals surface area contributed by atoms with E-state index in [1.165, 1.54) is 0 Å². The van der Waals surface area contributed by atoms with Crippen molar-refractivity contribution < 1.29 is 19.4 Å². The van der Waals surface area contributed by atoms with E-state index in [-0.39, 0.29) is 12.4 Å². The fourth-order valence-corrected chi connectivity index (χ4v) is 2.56. The zero-order chi connectivity index (χ0) is 18.7. The Morgan fingerprint density at radius 1 is 1.20 bits per heavy atom. The third-order valence-electron chi connectivity index (χ3n) is 4.10. The molecule has 0 aromatic heterocycles. The average molecular weight is 351 g/mol. The number of aliphatic hydroxyl groups is 1. The molecule has 1 aromatic carbocycles. The SMILES string of the molecule is CCCOCc1cc(C(=O)CC)ccc1OC[C@@H](O)CN(CC)CC. The maximum atomic E-state index is 11.9. The summed E-state index contributed by atoms with van der Waals surface area (Å²) in [5.74, 6) is 0.771. The molecule has 0 spiro atoms. The van der Waals surface area contributed by atoms with E-state index < -0.39 is 6.10 Å². The van der Waals surface area contributed by atoms with Crippen LogP contribution in [0.15, 0.2) is 18.2 Å². The summed E-state index contributed by atoms with van der Waals surface area (Å²) in [5, 5.41) is 10.2. The molecule has 1 atom stereocenters. The molecule has 0 fully saturated rings. The minimum atomic E-state index is -0.554. The summed E-state index contributed by atoms with van der Waals surface area (Å²) in [6, 6.07) is 5.42. The molecule has 1 aromatic rings. The number of likely N-dealkylation sites (N-methyl/N-ethyl adjacent to an activating group) is 1.